The van der Waals surface area contributed by atoms with Crippen LogP contribution in [0.15, 0.2) is 12.5 Å². The normalized spacial score (nSPS) is 12.5. The van der Waals surface area contributed by atoms with Crippen molar-refractivity contribution in [1.82, 2.24) is 18.6 Å². The van der Waals surface area contributed by atoms with Crippen LogP contribution in [-0.2, 0) is 16.6 Å². The average Bonchev–Trinajstić information content (AvgIpc) is 2.81. The van der Waals surface area contributed by atoms with E-state index in [1.165, 1.54) is 28.7 Å². The van der Waals surface area contributed by atoms with Gasteiger partial charge in [-0.1, -0.05) is 20.3 Å². The molecule has 0 unspecified atom stereocenters. The summed E-state index contributed by atoms with van der Waals surface area (Å²) in [5, 5.41) is 3.37. The third-order valence-corrected chi connectivity index (χ3v) is 4.80. The third-order valence-electron chi connectivity index (χ3n) is 3.05. The van der Waals surface area contributed by atoms with E-state index < -0.39 is 10.2 Å². The average molecular weight is 302 g/mol. The molecule has 7 heteroatoms. The van der Waals surface area contributed by atoms with E-state index in [9.17, 15) is 8.42 Å². The maximum Gasteiger partial charge on any atom is 0.308 e. The standard InChI is InChI=1S/C13H26N4O2S/c1-12(2)15-9-7-5-6-8-13-10-14-11-17(13)20(18,19)16(3)4/h10-12,15H,5-9H2,1-4H3. The Morgan fingerprint density at radius 2 is 2.00 bits per heavy atom. The van der Waals surface area contributed by atoms with Gasteiger partial charge in [-0.05, 0) is 25.8 Å². The van der Waals surface area contributed by atoms with E-state index >= 15 is 0 Å². The van der Waals surface area contributed by atoms with E-state index in [0.29, 0.717) is 6.04 Å². The van der Waals surface area contributed by atoms with Gasteiger partial charge in [0.2, 0.25) is 0 Å². The summed E-state index contributed by atoms with van der Waals surface area (Å²) < 4.78 is 26.6. The highest BCUT2D eigenvalue weighted by Crippen LogP contribution is 2.10. The first-order chi connectivity index (χ1) is 9.35. The molecule has 0 atom stereocenters. The molecule has 1 heterocycles. The van der Waals surface area contributed by atoms with E-state index in [1.807, 2.05) is 0 Å². The van der Waals surface area contributed by atoms with E-state index in [1.54, 1.807) is 6.20 Å². The van der Waals surface area contributed by atoms with E-state index in [2.05, 4.69) is 24.1 Å². The maximum absolute atomic E-state index is 12.1. The molecule has 6 nitrogen and oxygen atoms in total. The summed E-state index contributed by atoms with van der Waals surface area (Å²) in [6.45, 7) is 5.27. The molecule has 20 heavy (non-hydrogen) atoms. The zero-order chi connectivity index (χ0) is 15.2. The topological polar surface area (TPSA) is 67.2 Å². The van der Waals surface area contributed by atoms with Gasteiger partial charge >= 0.3 is 10.2 Å². The van der Waals surface area contributed by atoms with Crippen LogP contribution in [-0.4, -0.2) is 48.4 Å². The van der Waals surface area contributed by atoms with Crippen molar-refractivity contribution in [1.29, 1.82) is 0 Å². The number of nitrogens with one attached hydrogen (secondary N) is 1. The van der Waals surface area contributed by atoms with Crippen molar-refractivity contribution in [2.75, 3.05) is 20.6 Å². The van der Waals surface area contributed by atoms with Gasteiger partial charge in [-0.2, -0.15) is 12.7 Å². The molecular formula is C13H26N4O2S. The molecule has 0 radical (unpaired) electrons. The maximum atomic E-state index is 12.1. The van der Waals surface area contributed by atoms with Crippen molar-refractivity contribution in [2.45, 2.75) is 45.6 Å². The Morgan fingerprint density at radius 1 is 1.30 bits per heavy atom. The summed E-state index contributed by atoms with van der Waals surface area (Å²) >= 11 is 0. The second kappa shape index (κ2) is 7.75. The van der Waals surface area contributed by atoms with Crippen LogP contribution >= 0.6 is 0 Å². The zero-order valence-electron chi connectivity index (χ0n) is 12.8. The van der Waals surface area contributed by atoms with Crippen LogP contribution in [0.3, 0.4) is 0 Å². The minimum atomic E-state index is -3.45. The number of hydrogen-bond acceptors (Lipinski definition) is 4. The van der Waals surface area contributed by atoms with Crippen LogP contribution in [0.4, 0.5) is 0 Å². The number of imidazole rings is 1. The van der Waals surface area contributed by atoms with E-state index in [4.69, 9.17) is 0 Å². The second-order valence-electron chi connectivity index (χ2n) is 5.39. The van der Waals surface area contributed by atoms with Crippen molar-refractivity contribution in [2.24, 2.45) is 0 Å². The largest absolute Gasteiger partial charge is 0.315 e. The first-order valence-corrected chi connectivity index (χ1v) is 8.43. The molecule has 0 spiro atoms. The lowest BCUT2D eigenvalue weighted by atomic mass is 10.1. The Kier molecular flexibility index (Phi) is 6.64. The van der Waals surface area contributed by atoms with Crippen molar-refractivity contribution in [3.8, 4) is 0 Å². The van der Waals surface area contributed by atoms with Gasteiger partial charge in [0.05, 0.1) is 5.69 Å². The molecule has 0 aliphatic carbocycles. The Balaban J connectivity index is 2.45. The van der Waals surface area contributed by atoms with Crippen LogP contribution in [0.5, 0.6) is 0 Å². The molecule has 1 N–H and O–H groups in total. The highest BCUT2D eigenvalue weighted by Gasteiger charge is 2.18. The predicted octanol–water partition coefficient (Wildman–Crippen LogP) is 1.25. The van der Waals surface area contributed by atoms with Crippen LogP contribution in [0.2, 0.25) is 0 Å². The van der Waals surface area contributed by atoms with Gasteiger partial charge in [0.15, 0.2) is 0 Å². The summed E-state index contributed by atoms with van der Waals surface area (Å²) in [4.78, 5) is 3.95. The number of aryl methyl sites for hydroxylation is 1. The van der Waals surface area contributed by atoms with Gasteiger partial charge in [0, 0.05) is 26.3 Å². The fourth-order valence-electron chi connectivity index (χ4n) is 1.87. The summed E-state index contributed by atoms with van der Waals surface area (Å²) in [7, 11) is -0.399. The van der Waals surface area contributed by atoms with Gasteiger partial charge in [0.1, 0.15) is 6.33 Å². The lowest BCUT2D eigenvalue weighted by Crippen LogP contribution is -2.29. The van der Waals surface area contributed by atoms with Crippen molar-refractivity contribution >= 4 is 10.2 Å². The molecule has 0 aliphatic heterocycles. The van der Waals surface area contributed by atoms with E-state index in [-0.39, 0.29) is 0 Å². The molecule has 1 aromatic rings. The zero-order valence-corrected chi connectivity index (χ0v) is 13.7. The molecular weight excluding hydrogens is 276 g/mol. The highest BCUT2D eigenvalue weighted by molar-refractivity contribution is 7.87. The number of hydrogen-bond donors (Lipinski definition) is 1. The smallest absolute Gasteiger partial charge is 0.308 e. The third kappa shape index (κ3) is 4.88. The second-order valence-corrected chi connectivity index (χ2v) is 7.41. The van der Waals surface area contributed by atoms with Gasteiger partial charge < -0.3 is 5.32 Å². The van der Waals surface area contributed by atoms with Gasteiger partial charge in [-0.3, -0.25) is 0 Å². The molecule has 0 saturated heterocycles. The van der Waals surface area contributed by atoms with Crippen molar-refractivity contribution in [3.63, 3.8) is 0 Å². The van der Waals surface area contributed by atoms with Gasteiger partial charge in [-0.25, -0.2) is 8.96 Å². The van der Waals surface area contributed by atoms with Crippen LogP contribution in [0.25, 0.3) is 0 Å². The number of nitrogens with zero attached hydrogens (tertiary/aromatic N) is 3. The SMILES string of the molecule is CC(C)NCCCCCc1cncn1S(=O)(=O)N(C)C. The molecule has 1 aromatic heterocycles. The summed E-state index contributed by atoms with van der Waals surface area (Å²) in [6, 6.07) is 0.515. The van der Waals surface area contributed by atoms with Crippen LogP contribution < -0.4 is 5.32 Å². The Morgan fingerprint density at radius 3 is 2.60 bits per heavy atom. The van der Waals surface area contributed by atoms with Gasteiger partial charge in [-0.15, -0.1) is 0 Å². The number of aromatic nitrogens is 2. The monoisotopic (exact) mass is 302 g/mol. The van der Waals surface area contributed by atoms with Crippen LogP contribution in [0, 0.1) is 0 Å². The fraction of sp³-hybridized carbons (Fsp3) is 0.769. The molecule has 0 bridgehead atoms. The minimum absolute atomic E-state index is 0.515. The Labute approximate surface area is 122 Å². The fourth-order valence-corrected chi connectivity index (χ4v) is 2.83. The summed E-state index contributed by atoms with van der Waals surface area (Å²) in [6.07, 6.45) is 6.88. The molecule has 116 valence electrons. The first kappa shape index (κ1) is 17.1. The molecule has 0 aromatic carbocycles. The highest BCUT2D eigenvalue weighted by atomic mass is 32.2. The molecule has 0 aliphatic rings. The molecule has 0 fully saturated rings. The molecule has 1 rings (SSSR count). The minimum Gasteiger partial charge on any atom is -0.315 e. The molecule has 0 amide bonds. The van der Waals surface area contributed by atoms with Crippen molar-refractivity contribution in [3.05, 3.63) is 18.2 Å². The Bertz CT molecular complexity index is 494. The first-order valence-electron chi connectivity index (χ1n) is 7.03. The summed E-state index contributed by atoms with van der Waals surface area (Å²) in [5.41, 5.74) is 0.746. The quantitative estimate of drug-likeness (QED) is 0.697. The summed E-state index contributed by atoms with van der Waals surface area (Å²) in [5.74, 6) is 0. The van der Waals surface area contributed by atoms with Crippen LogP contribution in [0.1, 0.15) is 38.8 Å². The molecule has 0 saturated carbocycles. The predicted molar refractivity (Wildman–Crippen MR) is 80.9 cm³/mol. The number of rotatable bonds is 9. The number of unbranched alkanes of at least 4 members (excludes halogenated alkanes) is 2. The lowest BCUT2D eigenvalue weighted by Gasteiger charge is -2.14. The van der Waals surface area contributed by atoms with Gasteiger partial charge in [0.25, 0.3) is 0 Å². The van der Waals surface area contributed by atoms with E-state index in [0.717, 1.165) is 37.9 Å². The lowest BCUT2D eigenvalue weighted by molar-refractivity contribution is 0.507. The van der Waals surface area contributed by atoms with Crippen molar-refractivity contribution < 1.29 is 8.42 Å². The Hall–Kier alpha value is -0.920.